The monoisotopic (exact) mass is 344 g/mol. The Morgan fingerprint density at radius 1 is 0.783 bits per heavy atom. The van der Waals surface area contributed by atoms with E-state index in [1.807, 2.05) is 0 Å². The molecule has 0 fully saturated rings. The lowest BCUT2D eigenvalue weighted by Gasteiger charge is -2.06. The number of rotatable bonds is 18. The molecule has 0 radical (unpaired) electrons. The molecule has 0 aliphatic carbocycles. The van der Waals surface area contributed by atoms with Crippen molar-refractivity contribution in [1.82, 2.24) is 0 Å². The molecule has 0 saturated carbocycles. The Morgan fingerprint density at radius 2 is 1.17 bits per heavy atom. The first-order chi connectivity index (χ1) is 11.2. The number of carboxylic acid groups (broad SMARTS) is 1. The van der Waals surface area contributed by atoms with Gasteiger partial charge in [-0.2, -0.15) is 11.8 Å². The van der Waals surface area contributed by atoms with E-state index in [4.69, 9.17) is 5.11 Å². The van der Waals surface area contributed by atoms with Gasteiger partial charge in [0.1, 0.15) is 0 Å². The summed E-state index contributed by atoms with van der Waals surface area (Å²) >= 11 is 1.79. The molecule has 0 aromatic rings. The summed E-state index contributed by atoms with van der Waals surface area (Å²) in [5, 5.41) is 8.79. The molecule has 0 aliphatic heterocycles. The van der Waals surface area contributed by atoms with Gasteiger partial charge in [-0.25, -0.2) is 0 Å². The number of thioether (sulfide) groups is 1. The summed E-state index contributed by atoms with van der Waals surface area (Å²) in [6.07, 6.45) is 19.5. The third kappa shape index (κ3) is 18.0. The minimum absolute atomic E-state index is 0.202. The summed E-state index contributed by atoms with van der Waals surface area (Å²) in [5.41, 5.74) is 0. The second-order valence-corrected chi connectivity index (χ2v) is 8.06. The molecule has 0 aliphatic rings. The second kappa shape index (κ2) is 18.2. The Hall–Kier alpha value is -0.180. The van der Waals surface area contributed by atoms with Crippen LogP contribution in [0.5, 0.6) is 0 Å². The van der Waals surface area contributed by atoms with E-state index in [1.165, 1.54) is 89.9 Å². The summed E-state index contributed by atoms with van der Waals surface area (Å²) in [5.74, 6) is 1.01. The maximum atomic E-state index is 10.7. The molecule has 0 heterocycles. The highest BCUT2D eigenvalue weighted by atomic mass is 32.2. The number of carbonyl (C=O) groups is 1. The Balaban J connectivity index is 3.04. The third-order valence-corrected chi connectivity index (χ3v) is 5.74. The highest BCUT2D eigenvalue weighted by Gasteiger charge is 2.09. The molecule has 1 N–H and O–H groups in total. The number of aliphatic carboxylic acids is 1. The SMILES string of the molecule is CCCCCCCCCCCCCCCCSCC(C)C(=O)O. The molecule has 3 heteroatoms. The molecular weight excluding hydrogens is 304 g/mol. The van der Waals surface area contributed by atoms with Gasteiger partial charge >= 0.3 is 5.97 Å². The lowest BCUT2D eigenvalue weighted by molar-refractivity contribution is -0.140. The van der Waals surface area contributed by atoms with E-state index >= 15 is 0 Å². The molecular formula is C20H40O2S. The van der Waals surface area contributed by atoms with E-state index in [0.717, 1.165) is 11.5 Å². The van der Waals surface area contributed by atoms with Gasteiger partial charge in [-0.1, -0.05) is 97.3 Å². The zero-order chi connectivity index (χ0) is 17.2. The van der Waals surface area contributed by atoms with E-state index in [1.54, 1.807) is 18.7 Å². The quantitative estimate of drug-likeness (QED) is 0.274. The van der Waals surface area contributed by atoms with E-state index in [2.05, 4.69) is 6.92 Å². The predicted octanol–water partition coefficient (Wildman–Crippen LogP) is 6.92. The molecule has 0 rings (SSSR count). The minimum atomic E-state index is -0.668. The Kier molecular flexibility index (Phi) is 18.0. The van der Waals surface area contributed by atoms with E-state index < -0.39 is 5.97 Å². The molecule has 0 aromatic heterocycles. The average molecular weight is 345 g/mol. The Bertz CT molecular complexity index is 256. The van der Waals surface area contributed by atoms with Gasteiger partial charge in [-0.3, -0.25) is 4.79 Å². The highest BCUT2D eigenvalue weighted by Crippen LogP contribution is 2.15. The molecule has 0 saturated heterocycles. The second-order valence-electron chi connectivity index (χ2n) is 6.91. The fourth-order valence-corrected chi connectivity index (χ4v) is 3.80. The van der Waals surface area contributed by atoms with Crippen molar-refractivity contribution in [2.24, 2.45) is 5.92 Å². The maximum absolute atomic E-state index is 10.7. The molecule has 2 nitrogen and oxygen atoms in total. The largest absolute Gasteiger partial charge is 0.481 e. The number of carboxylic acids is 1. The van der Waals surface area contributed by atoms with Crippen LogP contribution in [0.25, 0.3) is 0 Å². The molecule has 23 heavy (non-hydrogen) atoms. The summed E-state index contributed by atoms with van der Waals surface area (Å²) < 4.78 is 0. The fraction of sp³-hybridized carbons (Fsp3) is 0.950. The molecule has 0 bridgehead atoms. The lowest BCUT2D eigenvalue weighted by Crippen LogP contribution is -2.11. The van der Waals surface area contributed by atoms with Gasteiger partial charge in [0.05, 0.1) is 5.92 Å². The van der Waals surface area contributed by atoms with Crippen LogP contribution in [0.3, 0.4) is 0 Å². The van der Waals surface area contributed by atoms with Crippen molar-refractivity contribution in [2.75, 3.05) is 11.5 Å². The van der Waals surface area contributed by atoms with Gasteiger partial charge in [-0.15, -0.1) is 0 Å². The molecule has 1 atom stereocenters. The van der Waals surface area contributed by atoms with E-state index in [-0.39, 0.29) is 5.92 Å². The van der Waals surface area contributed by atoms with Crippen molar-refractivity contribution >= 4 is 17.7 Å². The molecule has 1 unspecified atom stereocenters. The van der Waals surface area contributed by atoms with Gasteiger partial charge in [0, 0.05) is 5.75 Å². The van der Waals surface area contributed by atoms with Crippen molar-refractivity contribution in [2.45, 2.75) is 104 Å². The van der Waals surface area contributed by atoms with Gasteiger partial charge in [0.2, 0.25) is 0 Å². The van der Waals surface area contributed by atoms with Crippen LogP contribution in [-0.4, -0.2) is 22.6 Å². The van der Waals surface area contributed by atoms with Crippen molar-refractivity contribution in [3.8, 4) is 0 Å². The van der Waals surface area contributed by atoms with Crippen LogP contribution in [-0.2, 0) is 4.79 Å². The fourth-order valence-electron chi connectivity index (χ4n) is 2.73. The normalized spacial score (nSPS) is 12.4. The molecule has 0 aromatic carbocycles. The summed E-state index contributed by atoms with van der Waals surface area (Å²) in [4.78, 5) is 10.7. The highest BCUT2D eigenvalue weighted by molar-refractivity contribution is 7.99. The summed E-state index contributed by atoms with van der Waals surface area (Å²) in [6.45, 7) is 4.07. The van der Waals surface area contributed by atoms with Crippen LogP contribution < -0.4 is 0 Å². The number of hydrogen-bond acceptors (Lipinski definition) is 2. The first-order valence-electron chi connectivity index (χ1n) is 9.99. The zero-order valence-corrected chi connectivity index (χ0v) is 16.5. The molecule has 0 spiro atoms. The van der Waals surface area contributed by atoms with Crippen molar-refractivity contribution < 1.29 is 9.90 Å². The average Bonchev–Trinajstić information content (AvgIpc) is 2.54. The minimum Gasteiger partial charge on any atom is -0.481 e. The first kappa shape index (κ1) is 22.8. The molecule has 0 amide bonds. The Labute approximate surface area is 149 Å². The van der Waals surface area contributed by atoms with Gasteiger partial charge in [0.25, 0.3) is 0 Å². The van der Waals surface area contributed by atoms with E-state index in [0.29, 0.717) is 0 Å². The topological polar surface area (TPSA) is 37.3 Å². The van der Waals surface area contributed by atoms with Crippen LogP contribution in [0, 0.1) is 5.92 Å². The van der Waals surface area contributed by atoms with Crippen molar-refractivity contribution in [1.29, 1.82) is 0 Å². The van der Waals surface area contributed by atoms with E-state index in [9.17, 15) is 4.79 Å². The smallest absolute Gasteiger partial charge is 0.307 e. The predicted molar refractivity (Wildman–Crippen MR) is 104 cm³/mol. The lowest BCUT2D eigenvalue weighted by atomic mass is 10.0. The Morgan fingerprint density at radius 3 is 1.57 bits per heavy atom. The molecule has 138 valence electrons. The van der Waals surface area contributed by atoms with Crippen LogP contribution >= 0.6 is 11.8 Å². The van der Waals surface area contributed by atoms with Gasteiger partial charge < -0.3 is 5.11 Å². The zero-order valence-electron chi connectivity index (χ0n) is 15.7. The standard InChI is InChI=1S/C20H40O2S/c1-3-4-5-6-7-8-9-10-11-12-13-14-15-16-17-23-18-19(2)20(21)22/h19H,3-18H2,1-2H3,(H,21,22). The van der Waals surface area contributed by atoms with Crippen LogP contribution in [0.15, 0.2) is 0 Å². The third-order valence-electron chi connectivity index (χ3n) is 4.43. The summed E-state index contributed by atoms with van der Waals surface area (Å²) in [7, 11) is 0. The van der Waals surface area contributed by atoms with Crippen LogP contribution in [0.2, 0.25) is 0 Å². The van der Waals surface area contributed by atoms with Crippen LogP contribution in [0.4, 0.5) is 0 Å². The first-order valence-corrected chi connectivity index (χ1v) is 11.1. The van der Waals surface area contributed by atoms with Crippen molar-refractivity contribution in [3.63, 3.8) is 0 Å². The number of hydrogen-bond donors (Lipinski definition) is 1. The van der Waals surface area contributed by atoms with Crippen LogP contribution in [0.1, 0.15) is 104 Å². The van der Waals surface area contributed by atoms with Gasteiger partial charge in [0.15, 0.2) is 0 Å². The van der Waals surface area contributed by atoms with Gasteiger partial charge in [-0.05, 0) is 12.2 Å². The van der Waals surface area contributed by atoms with Crippen molar-refractivity contribution in [3.05, 3.63) is 0 Å². The summed E-state index contributed by atoms with van der Waals surface area (Å²) in [6, 6.07) is 0. The number of unbranched alkanes of at least 4 members (excludes halogenated alkanes) is 13. The maximum Gasteiger partial charge on any atom is 0.307 e.